The molecule has 0 bridgehead atoms. The number of pyridine rings is 1. The second-order valence-corrected chi connectivity index (χ2v) is 6.81. The molecule has 3 aromatic rings. The summed E-state index contributed by atoms with van der Waals surface area (Å²) < 4.78 is 5.88. The molecule has 1 amide bonds. The van der Waals surface area contributed by atoms with E-state index in [1.807, 2.05) is 25.1 Å². The highest BCUT2D eigenvalue weighted by Gasteiger charge is 2.31. The van der Waals surface area contributed by atoms with E-state index in [9.17, 15) is 10.1 Å². The summed E-state index contributed by atoms with van der Waals surface area (Å²) in [5.74, 6) is -0.158. The molecular formula is C20H20N6O2. The average molecular weight is 376 g/mol. The van der Waals surface area contributed by atoms with Gasteiger partial charge in [0.1, 0.15) is 6.07 Å². The molecule has 1 aliphatic rings. The number of nitriles is 1. The molecule has 1 saturated heterocycles. The van der Waals surface area contributed by atoms with Crippen molar-refractivity contribution in [3.8, 4) is 6.07 Å². The molecule has 2 N–H and O–H groups in total. The second kappa shape index (κ2) is 7.66. The number of nitrogens with one attached hydrogen (secondary N) is 2. The van der Waals surface area contributed by atoms with Crippen LogP contribution in [0.4, 0.5) is 5.69 Å². The standard InChI is InChI=1S/C20H20N6O2/c1-13-11-26(12-18(28-13)20(27)23-8-14-9-24-25-10-14)17-5-4-15(7-21)19-16(17)3-2-6-22-19/h2-6,9-10,13,18H,8,11-12H2,1H3,(H,23,27)(H,24,25). The SMILES string of the molecule is CC1CN(c2ccc(C#N)c3ncccc23)CC(C(=O)NCc2cn[nH]c2)O1. The topological polar surface area (TPSA) is 107 Å². The van der Waals surface area contributed by atoms with Crippen LogP contribution in [0.25, 0.3) is 10.9 Å². The van der Waals surface area contributed by atoms with Crippen LogP contribution in [-0.2, 0) is 16.1 Å². The molecule has 8 nitrogen and oxygen atoms in total. The number of fused-ring (bicyclic) bond motifs is 1. The Labute approximate surface area is 162 Å². The number of aromatic amines is 1. The molecule has 2 unspecified atom stereocenters. The monoisotopic (exact) mass is 376 g/mol. The van der Waals surface area contributed by atoms with Crippen molar-refractivity contribution in [3.63, 3.8) is 0 Å². The van der Waals surface area contributed by atoms with Gasteiger partial charge in [0.15, 0.2) is 6.10 Å². The summed E-state index contributed by atoms with van der Waals surface area (Å²) in [5, 5.41) is 19.7. The highest BCUT2D eigenvalue weighted by Crippen LogP contribution is 2.30. The molecule has 3 heterocycles. The maximum absolute atomic E-state index is 12.6. The van der Waals surface area contributed by atoms with Gasteiger partial charge < -0.3 is 15.0 Å². The maximum atomic E-state index is 12.6. The Bertz CT molecular complexity index is 1030. The number of H-pyrrole nitrogens is 1. The molecule has 0 aliphatic carbocycles. The maximum Gasteiger partial charge on any atom is 0.251 e. The van der Waals surface area contributed by atoms with E-state index in [0.717, 1.165) is 16.6 Å². The van der Waals surface area contributed by atoms with Crippen LogP contribution in [0.1, 0.15) is 18.1 Å². The molecular weight excluding hydrogens is 356 g/mol. The smallest absolute Gasteiger partial charge is 0.251 e. The predicted molar refractivity (Wildman–Crippen MR) is 103 cm³/mol. The quantitative estimate of drug-likeness (QED) is 0.718. The molecule has 2 atom stereocenters. The summed E-state index contributed by atoms with van der Waals surface area (Å²) in [5.41, 5.74) is 3.06. The molecule has 2 aromatic heterocycles. The van der Waals surface area contributed by atoms with E-state index in [1.54, 1.807) is 24.7 Å². The molecule has 28 heavy (non-hydrogen) atoms. The van der Waals surface area contributed by atoms with Crippen molar-refractivity contribution in [2.75, 3.05) is 18.0 Å². The Balaban J connectivity index is 1.56. The highest BCUT2D eigenvalue weighted by atomic mass is 16.5. The number of carbonyl (C=O) groups is 1. The van der Waals surface area contributed by atoms with Crippen molar-refractivity contribution in [3.05, 3.63) is 54.0 Å². The van der Waals surface area contributed by atoms with E-state index >= 15 is 0 Å². The van der Waals surface area contributed by atoms with Gasteiger partial charge in [0, 0.05) is 42.1 Å². The zero-order valence-electron chi connectivity index (χ0n) is 15.4. The van der Waals surface area contributed by atoms with Gasteiger partial charge in [-0.1, -0.05) is 0 Å². The number of benzene rings is 1. The molecule has 1 aliphatic heterocycles. The largest absolute Gasteiger partial charge is 0.365 e. The van der Waals surface area contributed by atoms with Gasteiger partial charge in [0.25, 0.3) is 5.91 Å². The van der Waals surface area contributed by atoms with Crippen molar-refractivity contribution in [1.82, 2.24) is 20.5 Å². The summed E-state index contributed by atoms with van der Waals surface area (Å²) in [6.45, 7) is 3.43. The Morgan fingerprint density at radius 1 is 1.43 bits per heavy atom. The zero-order chi connectivity index (χ0) is 19.5. The van der Waals surface area contributed by atoms with E-state index in [4.69, 9.17) is 4.74 Å². The Morgan fingerprint density at radius 3 is 3.11 bits per heavy atom. The van der Waals surface area contributed by atoms with Crippen molar-refractivity contribution < 1.29 is 9.53 Å². The molecule has 0 radical (unpaired) electrons. The van der Waals surface area contributed by atoms with Crippen LogP contribution in [0.15, 0.2) is 42.9 Å². The van der Waals surface area contributed by atoms with Crippen molar-refractivity contribution in [1.29, 1.82) is 5.26 Å². The number of anilines is 1. The lowest BCUT2D eigenvalue weighted by Gasteiger charge is -2.38. The van der Waals surface area contributed by atoms with E-state index in [-0.39, 0.29) is 12.0 Å². The van der Waals surface area contributed by atoms with Crippen LogP contribution in [0.2, 0.25) is 0 Å². The highest BCUT2D eigenvalue weighted by molar-refractivity contribution is 5.95. The molecule has 4 rings (SSSR count). The van der Waals surface area contributed by atoms with Crippen molar-refractivity contribution >= 4 is 22.5 Å². The first-order valence-corrected chi connectivity index (χ1v) is 9.09. The minimum absolute atomic E-state index is 0.110. The Kier molecular flexibility index (Phi) is 4.91. The van der Waals surface area contributed by atoms with Crippen LogP contribution in [0.3, 0.4) is 0 Å². The number of ether oxygens (including phenoxy) is 1. The van der Waals surface area contributed by atoms with Gasteiger partial charge >= 0.3 is 0 Å². The normalized spacial score (nSPS) is 19.4. The summed E-state index contributed by atoms with van der Waals surface area (Å²) in [4.78, 5) is 19.1. The number of aromatic nitrogens is 3. The van der Waals surface area contributed by atoms with Crippen LogP contribution >= 0.6 is 0 Å². The first-order chi connectivity index (χ1) is 13.7. The third-order valence-corrected chi connectivity index (χ3v) is 4.78. The van der Waals surface area contributed by atoms with Gasteiger partial charge in [0.2, 0.25) is 0 Å². The number of hydrogen-bond donors (Lipinski definition) is 2. The van der Waals surface area contributed by atoms with Gasteiger partial charge in [-0.05, 0) is 31.2 Å². The fourth-order valence-electron chi connectivity index (χ4n) is 3.49. The fraction of sp³-hybridized carbons (Fsp3) is 0.300. The van der Waals surface area contributed by atoms with Crippen LogP contribution in [0.5, 0.6) is 0 Å². The lowest BCUT2D eigenvalue weighted by molar-refractivity contribution is -0.137. The number of rotatable bonds is 4. The summed E-state index contributed by atoms with van der Waals surface area (Å²) in [7, 11) is 0. The lowest BCUT2D eigenvalue weighted by atomic mass is 10.1. The third kappa shape index (κ3) is 3.52. The van der Waals surface area contributed by atoms with Gasteiger partial charge in [-0.25, -0.2) is 0 Å². The fourth-order valence-corrected chi connectivity index (χ4v) is 3.49. The van der Waals surface area contributed by atoms with E-state index in [1.165, 1.54) is 0 Å². The molecule has 142 valence electrons. The molecule has 0 saturated carbocycles. The zero-order valence-corrected chi connectivity index (χ0v) is 15.4. The average Bonchev–Trinajstić information content (AvgIpc) is 3.24. The van der Waals surface area contributed by atoms with Crippen LogP contribution in [0, 0.1) is 11.3 Å². The van der Waals surface area contributed by atoms with Crippen molar-refractivity contribution in [2.24, 2.45) is 0 Å². The number of morpholine rings is 1. The summed E-state index contributed by atoms with van der Waals surface area (Å²) >= 11 is 0. The molecule has 0 spiro atoms. The van der Waals surface area contributed by atoms with Gasteiger partial charge in [-0.3, -0.25) is 14.9 Å². The van der Waals surface area contributed by atoms with Crippen LogP contribution in [-0.4, -0.2) is 46.4 Å². The lowest BCUT2D eigenvalue weighted by Crippen LogP contribution is -2.52. The Morgan fingerprint density at radius 2 is 2.32 bits per heavy atom. The molecule has 1 aromatic carbocycles. The summed E-state index contributed by atoms with van der Waals surface area (Å²) in [6, 6.07) is 9.69. The summed E-state index contributed by atoms with van der Waals surface area (Å²) in [6.07, 6.45) is 4.40. The van der Waals surface area contributed by atoms with Gasteiger partial charge in [0.05, 0.1) is 29.9 Å². The first-order valence-electron chi connectivity index (χ1n) is 9.09. The third-order valence-electron chi connectivity index (χ3n) is 4.78. The second-order valence-electron chi connectivity index (χ2n) is 6.81. The predicted octanol–water partition coefficient (Wildman–Crippen LogP) is 1.74. The van der Waals surface area contributed by atoms with Crippen molar-refractivity contribution in [2.45, 2.75) is 25.7 Å². The van der Waals surface area contributed by atoms with Gasteiger partial charge in [-0.2, -0.15) is 10.4 Å². The number of carbonyl (C=O) groups excluding carboxylic acids is 1. The van der Waals surface area contributed by atoms with E-state index in [2.05, 4.69) is 31.5 Å². The number of nitrogens with zero attached hydrogens (tertiary/aromatic N) is 4. The number of hydrogen-bond acceptors (Lipinski definition) is 6. The molecule has 1 fully saturated rings. The van der Waals surface area contributed by atoms with E-state index in [0.29, 0.717) is 30.7 Å². The Hall–Kier alpha value is -3.44. The van der Waals surface area contributed by atoms with Gasteiger partial charge in [-0.15, -0.1) is 0 Å². The molecule has 8 heteroatoms. The van der Waals surface area contributed by atoms with E-state index < -0.39 is 6.10 Å². The first kappa shape index (κ1) is 17.9. The van der Waals surface area contributed by atoms with Crippen LogP contribution < -0.4 is 10.2 Å². The number of amides is 1. The minimum Gasteiger partial charge on any atom is -0.365 e. The minimum atomic E-state index is -0.585.